The van der Waals surface area contributed by atoms with E-state index in [0.29, 0.717) is 5.71 Å². The van der Waals surface area contributed by atoms with Crippen molar-refractivity contribution in [3.8, 4) is 0 Å². The first-order chi connectivity index (χ1) is 10.2. The molecule has 112 valence electrons. The minimum Gasteiger partial charge on any atom is -0.399 e. The van der Waals surface area contributed by atoms with Gasteiger partial charge in [0.05, 0.1) is 0 Å². The molecule has 0 spiro atoms. The van der Waals surface area contributed by atoms with Crippen molar-refractivity contribution in [1.82, 2.24) is 4.90 Å². The molecule has 0 N–H and O–H groups in total. The molecule has 0 atom stereocenters. The van der Waals surface area contributed by atoms with Crippen LogP contribution in [0.4, 0.5) is 0 Å². The standard InChI is InChI=1S/C17H22N2O2/c1-4-14-19(2)17(20)13-12-16(18-21-3)11-10-15-8-6-5-7-9-15/h5-13H,4,14H2,1-3H3/b11-10+,13-12+,18-16-. The van der Waals surface area contributed by atoms with Crippen LogP contribution in [0.1, 0.15) is 18.9 Å². The third kappa shape index (κ3) is 6.56. The van der Waals surface area contributed by atoms with Crippen LogP contribution in [0.5, 0.6) is 0 Å². The maximum absolute atomic E-state index is 11.8. The molecule has 0 radical (unpaired) electrons. The van der Waals surface area contributed by atoms with Crippen LogP contribution in [0.3, 0.4) is 0 Å². The first-order valence-corrected chi connectivity index (χ1v) is 6.94. The molecule has 21 heavy (non-hydrogen) atoms. The second kappa shape index (κ2) is 9.53. The molecule has 1 aromatic carbocycles. The first-order valence-electron chi connectivity index (χ1n) is 6.94. The van der Waals surface area contributed by atoms with Crippen molar-refractivity contribution >= 4 is 17.7 Å². The molecule has 1 amide bonds. The van der Waals surface area contributed by atoms with Gasteiger partial charge in [-0.05, 0) is 24.1 Å². The van der Waals surface area contributed by atoms with E-state index >= 15 is 0 Å². The molecule has 0 aliphatic rings. The van der Waals surface area contributed by atoms with E-state index in [1.54, 1.807) is 18.0 Å². The number of amides is 1. The molecule has 0 heterocycles. The lowest BCUT2D eigenvalue weighted by atomic mass is 10.2. The summed E-state index contributed by atoms with van der Waals surface area (Å²) in [5.41, 5.74) is 1.64. The third-order valence-electron chi connectivity index (χ3n) is 2.77. The third-order valence-corrected chi connectivity index (χ3v) is 2.77. The summed E-state index contributed by atoms with van der Waals surface area (Å²) in [6.45, 7) is 2.77. The number of carbonyl (C=O) groups excluding carboxylic acids is 1. The molecule has 0 aliphatic heterocycles. The number of allylic oxidation sites excluding steroid dienone is 2. The molecule has 0 aliphatic carbocycles. The fraction of sp³-hybridized carbons (Fsp3) is 0.294. The molecule has 1 aromatic rings. The van der Waals surface area contributed by atoms with E-state index < -0.39 is 0 Å². The molecule has 0 fully saturated rings. The Hall–Kier alpha value is -2.36. The Morgan fingerprint density at radius 3 is 2.57 bits per heavy atom. The van der Waals surface area contributed by atoms with Crippen LogP contribution in [0, 0.1) is 0 Å². The van der Waals surface area contributed by atoms with Crippen LogP contribution in [-0.4, -0.2) is 37.2 Å². The van der Waals surface area contributed by atoms with E-state index in [9.17, 15) is 4.79 Å². The second-order valence-electron chi connectivity index (χ2n) is 4.54. The van der Waals surface area contributed by atoms with Crippen molar-refractivity contribution < 1.29 is 9.63 Å². The van der Waals surface area contributed by atoms with E-state index in [-0.39, 0.29) is 5.91 Å². The zero-order valence-corrected chi connectivity index (χ0v) is 12.8. The van der Waals surface area contributed by atoms with Crippen molar-refractivity contribution in [2.75, 3.05) is 20.7 Å². The topological polar surface area (TPSA) is 41.9 Å². The van der Waals surface area contributed by atoms with E-state index in [4.69, 9.17) is 4.84 Å². The van der Waals surface area contributed by atoms with Gasteiger partial charge in [-0.2, -0.15) is 0 Å². The summed E-state index contributed by atoms with van der Waals surface area (Å²) in [5.74, 6) is -0.0474. The quantitative estimate of drug-likeness (QED) is 0.439. The summed E-state index contributed by atoms with van der Waals surface area (Å²) in [6.07, 6.45) is 7.81. The highest BCUT2D eigenvalue weighted by atomic mass is 16.6. The van der Waals surface area contributed by atoms with E-state index in [0.717, 1.165) is 18.5 Å². The number of hydrogen-bond acceptors (Lipinski definition) is 3. The number of carbonyl (C=O) groups is 1. The van der Waals surface area contributed by atoms with Crippen LogP contribution >= 0.6 is 0 Å². The van der Waals surface area contributed by atoms with Crippen molar-refractivity contribution in [2.24, 2.45) is 5.16 Å². The predicted octanol–water partition coefficient (Wildman–Crippen LogP) is 3.13. The molecule has 0 saturated heterocycles. The van der Waals surface area contributed by atoms with Crippen LogP contribution < -0.4 is 0 Å². The number of benzene rings is 1. The summed E-state index contributed by atoms with van der Waals surface area (Å²) < 4.78 is 0. The van der Waals surface area contributed by atoms with Gasteiger partial charge in [0.15, 0.2) is 0 Å². The molecular weight excluding hydrogens is 264 g/mol. The summed E-state index contributed by atoms with van der Waals surface area (Å²) in [5, 5.41) is 3.89. The maximum atomic E-state index is 11.8. The van der Waals surface area contributed by atoms with Gasteiger partial charge in [-0.3, -0.25) is 4.79 Å². The normalized spacial score (nSPS) is 12.0. The number of rotatable bonds is 7. The van der Waals surface area contributed by atoms with Gasteiger partial charge < -0.3 is 9.74 Å². The van der Waals surface area contributed by atoms with E-state index in [1.165, 1.54) is 13.2 Å². The van der Waals surface area contributed by atoms with Gasteiger partial charge in [0, 0.05) is 19.7 Å². The van der Waals surface area contributed by atoms with E-state index in [2.05, 4.69) is 5.16 Å². The Labute approximate surface area is 126 Å². The Balaban J connectivity index is 2.73. The van der Waals surface area contributed by atoms with Gasteiger partial charge in [0.1, 0.15) is 12.8 Å². The lowest BCUT2D eigenvalue weighted by Crippen LogP contribution is -2.25. The fourth-order valence-corrected chi connectivity index (χ4v) is 1.70. The second-order valence-corrected chi connectivity index (χ2v) is 4.54. The van der Waals surface area contributed by atoms with Crippen LogP contribution in [0.15, 0.2) is 53.7 Å². The fourth-order valence-electron chi connectivity index (χ4n) is 1.70. The van der Waals surface area contributed by atoms with E-state index in [1.807, 2.05) is 49.4 Å². The SMILES string of the molecule is CCCN(C)C(=O)/C=C/C(/C=C/c1ccccc1)=N\OC. The summed E-state index contributed by atoms with van der Waals surface area (Å²) in [4.78, 5) is 18.3. The van der Waals surface area contributed by atoms with Crippen molar-refractivity contribution in [3.05, 3.63) is 54.1 Å². The number of likely N-dealkylation sites (N-methyl/N-ethyl adjacent to an activating group) is 1. The average molecular weight is 286 g/mol. The zero-order valence-electron chi connectivity index (χ0n) is 12.8. The van der Waals surface area contributed by atoms with Crippen molar-refractivity contribution in [1.29, 1.82) is 0 Å². The Morgan fingerprint density at radius 2 is 1.95 bits per heavy atom. The van der Waals surface area contributed by atoms with Crippen LogP contribution in [0.25, 0.3) is 6.08 Å². The number of nitrogens with zero attached hydrogens (tertiary/aromatic N) is 2. The van der Waals surface area contributed by atoms with Gasteiger partial charge in [-0.25, -0.2) is 0 Å². The molecular formula is C17H22N2O2. The Kier molecular flexibility index (Phi) is 7.58. The van der Waals surface area contributed by atoms with Crippen LogP contribution in [-0.2, 0) is 9.63 Å². The summed E-state index contributed by atoms with van der Waals surface area (Å²) >= 11 is 0. The molecule has 0 saturated carbocycles. The summed E-state index contributed by atoms with van der Waals surface area (Å²) in [7, 11) is 3.26. The first kappa shape index (κ1) is 16.7. The molecule has 1 rings (SSSR count). The lowest BCUT2D eigenvalue weighted by Gasteiger charge is -2.12. The minimum absolute atomic E-state index is 0.0474. The minimum atomic E-state index is -0.0474. The largest absolute Gasteiger partial charge is 0.399 e. The van der Waals surface area contributed by atoms with Crippen LogP contribution in [0.2, 0.25) is 0 Å². The predicted molar refractivity (Wildman–Crippen MR) is 87.0 cm³/mol. The van der Waals surface area contributed by atoms with Crippen molar-refractivity contribution in [3.63, 3.8) is 0 Å². The highest BCUT2D eigenvalue weighted by molar-refractivity contribution is 6.08. The smallest absolute Gasteiger partial charge is 0.246 e. The zero-order chi connectivity index (χ0) is 15.5. The lowest BCUT2D eigenvalue weighted by molar-refractivity contribution is -0.124. The van der Waals surface area contributed by atoms with Gasteiger partial charge in [-0.1, -0.05) is 48.5 Å². The summed E-state index contributed by atoms with van der Waals surface area (Å²) in [6, 6.07) is 9.87. The molecule has 0 unspecified atom stereocenters. The highest BCUT2D eigenvalue weighted by Gasteiger charge is 2.02. The molecule has 0 bridgehead atoms. The molecule has 0 aromatic heterocycles. The number of hydrogen-bond donors (Lipinski definition) is 0. The van der Waals surface area contributed by atoms with Crippen molar-refractivity contribution in [2.45, 2.75) is 13.3 Å². The monoisotopic (exact) mass is 286 g/mol. The Morgan fingerprint density at radius 1 is 1.24 bits per heavy atom. The molecule has 4 nitrogen and oxygen atoms in total. The van der Waals surface area contributed by atoms with Gasteiger partial charge in [0.25, 0.3) is 0 Å². The highest BCUT2D eigenvalue weighted by Crippen LogP contribution is 2.02. The van der Waals surface area contributed by atoms with Gasteiger partial charge in [0.2, 0.25) is 5.91 Å². The number of oxime groups is 1. The van der Waals surface area contributed by atoms with Gasteiger partial charge >= 0.3 is 0 Å². The average Bonchev–Trinajstić information content (AvgIpc) is 2.51. The Bertz CT molecular complexity index is 519. The van der Waals surface area contributed by atoms with Gasteiger partial charge in [-0.15, -0.1) is 0 Å². The molecule has 4 heteroatoms. The maximum Gasteiger partial charge on any atom is 0.246 e.